The summed E-state index contributed by atoms with van der Waals surface area (Å²) < 4.78 is 5.28. The van der Waals surface area contributed by atoms with Crippen LogP contribution >= 0.6 is 0 Å². The van der Waals surface area contributed by atoms with Gasteiger partial charge in [-0.15, -0.1) is 11.7 Å². The second-order valence-corrected chi connectivity index (χ2v) is 4.40. The molecule has 0 saturated carbocycles. The summed E-state index contributed by atoms with van der Waals surface area (Å²) in [6, 6.07) is 0.0938. The number of carbonyl (C=O) groups excluding carboxylic acids is 1. The molecule has 106 valence electrons. The molecular formula is C12H20N4O3. The normalized spacial score (nSPS) is 11.0. The molecule has 7 nitrogen and oxygen atoms in total. The summed E-state index contributed by atoms with van der Waals surface area (Å²) in [7, 11) is 0. The molecule has 2 N–H and O–H groups in total. The van der Waals surface area contributed by atoms with Crippen molar-refractivity contribution in [1.82, 2.24) is 15.1 Å². The van der Waals surface area contributed by atoms with Crippen molar-refractivity contribution in [2.24, 2.45) is 0 Å². The van der Waals surface area contributed by atoms with Gasteiger partial charge in [0.25, 0.3) is 0 Å². The van der Waals surface area contributed by atoms with Crippen molar-refractivity contribution in [3.8, 4) is 0 Å². The zero-order valence-corrected chi connectivity index (χ0v) is 11.3. The first-order valence-electron chi connectivity index (χ1n) is 6.14. The third-order valence-corrected chi connectivity index (χ3v) is 2.35. The lowest BCUT2D eigenvalue weighted by molar-refractivity contribution is -0.117. The number of aliphatic hydroxyl groups is 1. The zero-order chi connectivity index (χ0) is 14.3. The number of nitrogens with one attached hydrogen (secondary N) is 1. The van der Waals surface area contributed by atoms with Gasteiger partial charge in [-0.25, -0.2) is 0 Å². The largest absolute Gasteiger partial charge is 0.408 e. The molecule has 1 aromatic heterocycles. The standard InChI is InChI=1S/C12H20N4O3/c1-4-5-16(6-7-17)8-10(18)13-12-15-14-11(19-12)9(2)3/h4,9,17H,1,5-8H2,2-3H3,(H,13,15,18). The van der Waals surface area contributed by atoms with Crippen LogP contribution in [0.1, 0.15) is 25.7 Å². The number of hydrogen-bond acceptors (Lipinski definition) is 6. The highest BCUT2D eigenvalue weighted by Gasteiger charge is 2.14. The Kier molecular flexibility index (Phi) is 6.17. The van der Waals surface area contributed by atoms with E-state index in [1.54, 1.807) is 11.0 Å². The van der Waals surface area contributed by atoms with E-state index in [0.717, 1.165) is 0 Å². The monoisotopic (exact) mass is 268 g/mol. The molecule has 1 heterocycles. The highest BCUT2D eigenvalue weighted by atomic mass is 16.4. The van der Waals surface area contributed by atoms with Crippen molar-refractivity contribution in [3.05, 3.63) is 18.5 Å². The van der Waals surface area contributed by atoms with Gasteiger partial charge in [0.05, 0.1) is 13.2 Å². The average molecular weight is 268 g/mol. The van der Waals surface area contributed by atoms with Gasteiger partial charge >= 0.3 is 6.01 Å². The van der Waals surface area contributed by atoms with Crippen molar-refractivity contribution in [1.29, 1.82) is 0 Å². The van der Waals surface area contributed by atoms with Crippen LogP contribution in [-0.4, -0.2) is 52.4 Å². The maximum absolute atomic E-state index is 11.8. The summed E-state index contributed by atoms with van der Waals surface area (Å²) in [5.41, 5.74) is 0. The van der Waals surface area contributed by atoms with Crippen molar-refractivity contribution >= 4 is 11.9 Å². The molecule has 0 bridgehead atoms. The summed E-state index contributed by atoms with van der Waals surface area (Å²) in [5, 5.41) is 19.0. The van der Waals surface area contributed by atoms with Gasteiger partial charge in [-0.05, 0) is 0 Å². The Morgan fingerprint density at radius 3 is 2.84 bits per heavy atom. The minimum atomic E-state index is -0.269. The number of carbonyl (C=O) groups is 1. The SMILES string of the molecule is C=CCN(CCO)CC(=O)Nc1nnc(C(C)C)o1. The molecule has 0 saturated heterocycles. The molecule has 0 atom stereocenters. The summed E-state index contributed by atoms with van der Waals surface area (Å²) >= 11 is 0. The Morgan fingerprint density at radius 1 is 1.58 bits per heavy atom. The van der Waals surface area contributed by atoms with Crippen molar-refractivity contribution in [2.45, 2.75) is 19.8 Å². The first-order valence-corrected chi connectivity index (χ1v) is 6.14. The van der Waals surface area contributed by atoms with Crippen LogP contribution in [0.15, 0.2) is 17.1 Å². The van der Waals surface area contributed by atoms with Gasteiger partial charge in [0.15, 0.2) is 0 Å². The summed E-state index contributed by atoms with van der Waals surface area (Å²) in [5.74, 6) is 0.327. The molecule has 0 aromatic carbocycles. The lowest BCUT2D eigenvalue weighted by Gasteiger charge is -2.17. The molecule has 0 spiro atoms. The van der Waals surface area contributed by atoms with Gasteiger partial charge in [0.1, 0.15) is 0 Å². The third-order valence-electron chi connectivity index (χ3n) is 2.35. The number of aliphatic hydroxyl groups excluding tert-OH is 1. The Labute approximate surface area is 112 Å². The molecule has 0 aliphatic carbocycles. The molecule has 0 radical (unpaired) electrons. The van der Waals surface area contributed by atoms with Crippen molar-refractivity contribution in [3.63, 3.8) is 0 Å². The van der Waals surface area contributed by atoms with E-state index < -0.39 is 0 Å². The number of anilines is 1. The quantitative estimate of drug-likeness (QED) is 0.671. The summed E-state index contributed by atoms with van der Waals surface area (Å²) in [6.45, 7) is 8.49. The fourth-order valence-corrected chi connectivity index (χ4v) is 1.44. The first-order chi connectivity index (χ1) is 9.06. The predicted octanol–water partition coefficient (Wildman–Crippen LogP) is 0.612. The van der Waals surface area contributed by atoms with Crippen LogP contribution in [0.5, 0.6) is 0 Å². The minimum Gasteiger partial charge on any atom is -0.408 e. The molecule has 0 unspecified atom stereocenters. The predicted molar refractivity (Wildman–Crippen MR) is 70.7 cm³/mol. The van der Waals surface area contributed by atoms with Gasteiger partial charge < -0.3 is 9.52 Å². The molecule has 1 aromatic rings. The Morgan fingerprint density at radius 2 is 2.32 bits per heavy atom. The molecule has 0 aliphatic rings. The van der Waals surface area contributed by atoms with Crippen LogP contribution in [0.4, 0.5) is 6.01 Å². The molecular weight excluding hydrogens is 248 g/mol. The highest BCUT2D eigenvalue weighted by Crippen LogP contribution is 2.14. The summed E-state index contributed by atoms with van der Waals surface area (Å²) in [6.07, 6.45) is 1.67. The molecule has 1 rings (SSSR count). The Hall–Kier alpha value is -1.73. The maximum atomic E-state index is 11.8. The third kappa shape index (κ3) is 5.19. The van der Waals surface area contributed by atoms with E-state index in [1.807, 2.05) is 13.8 Å². The fraction of sp³-hybridized carbons (Fsp3) is 0.583. The zero-order valence-electron chi connectivity index (χ0n) is 11.3. The second kappa shape index (κ2) is 7.65. The van der Waals surface area contributed by atoms with E-state index in [-0.39, 0.29) is 31.0 Å². The molecule has 7 heteroatoms. The molecule has 0 fully saturated rings. The van der Waals surface area contributed by atoms with Crippen LogP contribution < -0.4 is 5.32 Å². The highest BCUT2D eigenvalue weighted by molar-refractivity contribution is 5.90. The number of nitrogens with zero attached hydrogens (tertiary/aromatic N) is 3. The van der Waals surface area contributed by atoms with Gasteiger partial charge in [-0.1, -0.05) is 25.0 Å². The van der Waals surface area contributed by atoms with E-state index in [4.69, 9.17) is 9.52 Å². The fourth-order valence-electron chi connectivity index (χ4n) is 1.44. The van der Waals surface area contributed by atoms with Crippen molar-refractivity contribution in [2.75, 3.05) is 31.6 Å². The van der Waals surface area contributed by atoms with E-state index in [9.17, 15) is 4.79 Å². The van der Waals surface area contributed by atoms with Gasteiger partial charge in [0.2, 0.25) is 11.8 Å². The lowest BCUT2D eigenvalue weighted by atomic mass is 10.2. The number of amides is 1. The van der Waals surface area contributed by atoms with Crippen LogP contribution in [0.25, 0.3) is 0 Å². The summed E-state index contributed by atoms with van der Waals surface area (Å²) in [4.78, 5) is 13.5. The lowest BCUT2D eigenvalue weighted by Crippen LogP contribution is -2.35. The van der Waals surface area contributed by atoms with Gasteiger partial charge in [0, 0.05) is 19.0 Å². The smallest absolute Gasteiger partial charge is 0.322 e. The van der Waals surface area contributed by atoms with Crippen LogP contribution in [0.3, 0.4) is 0 Å². The van der Waals surface area contributed by atoms with Gasteiger partial charge in [-0.2, -0.15) is 0 Å². The minimum absolute atomic E-state index is 0.0147. The van der Waals surface area contributed by atoms with E-state index in [2.05, 4.69) is 22.1 Å². The molecule has 1 amide bonds. The number of hydrogen-bond donors (Lipinski definition) is 2. The molecule has 19 heavy (non-hydrogen) atoms. The topological polar surface area (TPSA) is 91.5 Å². The maximum Gasteiger partial charge on any atom is 0.322 e. The van der Waals surface area contributed by atoms with Crippen LogP contribution in [0, 0.1) is 0 Å². The van der Waals surface area contributed by atoms with E-state index in [0.29, 0.717) is 19.0 Å². The van der Waals surface area contributed by atoms with Crippen LogP contribution in [-0.2, 0) is 4.79 Å². The Bertz CT molecular complexity index is 417. The second-order valence-electron chi connectivity index (χ2n) is 4.40. The van der Waals surface area contributed by atoms with Crippen molar-refractivity contribution < 1.29 is 14.3 Å². The van der Waals surface area contributed by atoms with E-state index in [1.165, 1.54) is 0 Å². The first kappa shape index (κ1) is 15.3. The number of aromatic nitrogens is 2. The Balaban J connectivity index is 2.50. The van der Waals surface area contributed by atoms with Gasteiger partial charge in [-0.3, -0.25) is 15.0 Å². The van der Waals surface area contributed by atoms with Crippen LogP contribution in [0.2, 0.25) is 0 Å². The number of rotatable bonds is 8. The van der Waals surface area contributed by atoms with E-state index >= 15 is 0 Å². The molecule has 0 aliphatic heterocycles. The average Bonchev–Trinajstić information content (AvgIpc) is 2.78.